The van der Waals surface area contributed by atoms with Crippen LogP contribution in [0.1, 0.15) is 53.4 Å². The molecule has 1 rings (SSSR count). The first kappa shape index (κ1) is 18.8. The van der Waals surface area contributed by atoms with Crippen molar-refractivity contribution in [3.8, 4) is 0 Å². The predicted molar refractivity (Wildman–Crippen MR) is 88.8 cm³/mol. The molecule has 1 heterocycles. The van der Waals surface area contributed by atoms with E-state index in [0.717, 1.165) is 38.2 Å². The Hall–Kier alpha value is -0.260. The summed E-state index contributed by atoms with van der Waals surface area (Å²) in [5, 5.41) is 3.93. The number of ether oxygens (including phenoxy) is 2. The van der Waals surface area contributed by atoms with E-state index >= 15 is 0 Å². The Morgan fingerprint density at radius 1 is 1.43 bits per heavy atom. The van der Waals surface area contributed by atoms with Crippen LogP contribution in [0.2, 0.25) is 0 Å². The van der Waals surface area contributed by atoms with Gasteiger partial charge < -0.3 is 14.8 Å². The predicted octanol–water partition coefficient (Wildman–Crippen LogP) is 3.00. The summed E-state index contributed by atoms with van der Waals surface area (Å²) in [6.45, 7) is 10.1. The van der Waals surface area contributed by atoms with Gasteiger partial charge in [-0.05, 0) is 52.3 Å². The Balaban J connectivity index is 2.25. The van der Waals surface area contributed by atoms with E-state index in [1.807, 2.05) is 32.5 Å². The molecule has 0 aromatic carbocycles. The lowest BCUT2D eigenvalue weighted by atomic mass is 9.95. The van der Waals surface area contributed by atoms with Gasteiger partial charge >= 0.3 is 5.97 Å². The molecule has 1 N–H and O–H groups in total. The minimum absolute atomic E-state index is 0.127. The van der Waals surface area contributed by atoms with Gasteiger partial charge in [0.2, 0.25) is 0 Å². The Morgan fingerprint density at radius 3 is 2.76 bits per heavy atom. The molecule has 0 radical (unpaired) electrons. The van der Waals surface area contributed by atoms with E-state index in [2.05, 4.69) is 12.2 Å². The van der Waals surface area contributed by atoms with Crippen LogP contribution in [0, 0.1) is 0 Å². The number of esters is 1. The molecule has 0 amide bonds. The Labute approximate surface area is 133 Å². The van der Waals surface area contributed by atoms with Crippen LogP contribution in [0.4, 0.5) is 0 Å². The van der Waals surface area contributed by atoms with Crippen molar-refractivity contribution in [3.05, 3.63) is 0 Å². The molecule has 1 saturated heterocycles. The lowest BCUT2D eigenvalue weighted by Crippen LogP contribution is -2.50. The summed E-state index contributed by atoms with van der Waals surface area (Å²) in [5.41, 5.74) is -0.542. The molecule has 3 unspecified atom stereocenters. The van der Waals surface area contributed by atoms with Gasteiger partial charge in [0, 0.05) is 11.9 Å². The minimum Gasteiger partial charge on any atom is -0.465 e. The first-order valence-electron chi connectivity index (χ1n) is 8.19. The average Bonchev–Trinajstić information content (AvgIpc) is 2.84. The fourth-order valence-electron chi connectivity index (χ4n) is 2.69. The van der Waals surface area contributed by atoms with Gasteiger partial charge in [0.25, 0.3) is 0 Å². The Morgan fingerprint density at radius 2 is 2.19 bits per heavy atom. The number of thioether (sulfide) groups is 1. The second-order valence-electron chi connectivity index (χ2n) is 5.81. The number of likely N-dealkylation sites (N-methyl/N-ethyl adjacent to an activating group) is 1. The first-order chi connectivity index (χ1) is 10.0. The highest BCUT2D eigenvalue weighted by Crippen LogP contribution is 2.27. The fourth-order valence-corrected chi connectivity index (χ4v) is 3.98. The maximum absolute atomic E-state index is 12.1. The normalized spacial score (nSPS) is 24.8. The van der Waals surface area contributed by atoms with Crippen molar-refractivity contribution in [2.75, 3.05) is 25.5 Å². The largest absolute Gasteiger partial charge is 0.465 e. The van der Waals surface area contributed by atoms with Crippen LogP contribution in [0.3, 0.4) is 0 Å². The molecule has 21 heavy (non-hydrogen) atoms. The van der Waals surface area contributed by atoms with Crippen molar-refractivity contribution >= 4 is 17.7 Å². The maximum Gasteiger partial charge on any atom is 0.326 e. The number of hydrogen-bond donors (Lipinski definition) is 1. The van der Waals surface area contributed by atoms with Gasteiger partial charge in [-0.2, -0.15) is 11.8 Å². The number of unbranched alkanes of at least 4 members (excludes halogenated alkanes) is 1. The number of carbonyl (C=O) groups is 1. The van der Waals surface area contributed by atoms with Crippen molar-refractivity contribution in [2.45, 2.75) is 70.3 Å². The van der Waals surface area contributed by atoms with E-state index in [9.17, 15) is 4.79 Å². The zero-order valence-corrected chi connectivity index (χ0v) is 14.8. The number of rotatable bonds is 10. The summed E-state index contributed by atoms with van der Waals surface area (Å²) in [6.07, 6.45) is 4.56. The summed E-state index contributed by atoms with van der Waals surface area (Å²) in [6, 6.07) is 0. The van der Waals surface area contributed by atoms with Gasteiger partial charge in [-0.15, -0.1) is 0 Å². The monoisotopic (exact) mass is 317 g/mol. The third kappa shape index (κ3) is 6.17. The molecule has 4 nitrogen and oxygen atoms in total. The summed E-state index contributed by atoms with van der Waals surface area (Å²) in [7, 11) is 0. The average molecular weight is 317 g/mol. The summed E-state index contributed by atoms with van der Waals surface area (Å²) in [4.78, 5) is 12.1. The molecule has 0 aliphatic carbocycles. The van der Waals surface area contributed by atoms with E-state index in [-0.39, 0.29) is 5.97 Å². The third-order valence-electron chi connectivity index (χ3n) is 4.00. The smallest absolute Gasteiger partial charge is 0.326 e. The summed E-state index contributed by atoms with van der Waals surface area (Å²) < 4.78 is 10.8. The SMILES string of the molecule is CCNC(C)(CCCCSC1CCOC1C)C(=O)OCC. The molecule has 1 fully saturated rings. The maximum atomic E-state index is 12.1. The Kier molecular flexibility index (Phi) is 8.67. The number of hydrogen-bond acceptors (Lipinski definition) is 5. The molecular formula is C16H31NO3S. The van der Waals surface area contributed by atoms with E-state index in [1.54, 1.807) is 0 Å². The molecule has 0 aromatic rings. The number of carbonyl (C=O) groups excluding carboxylic acids is 1. The summed E-state index contributed by atoms with van der Waals surface area (Å²) in [5.74, 6) is 1.01. The molecule has 124 valence electrons. The van der Waals surface area contributed by atoms with Crippen LogP contribution in [0.5, 0.6) is 0 Å². The molecule has 0 bridgehead atoms. The molecule has 3 atom stereocenters. The minimum atomic E-state index is -0.542. The van der Waals surface area contributed by atoms with E-state index < -0.39 is 5.54 Å². The summed E-state index contributed by atoms with van der Waals surface area (Å²) >= 11 is 2.01. The van der Waals surface area contributed by atoms with Crippen LogP contribution >= 0.6 is 11.8 Å². The van der Waals surface area contributed by atoms with Crippen LogP contribution in [-0.2, 0) is 14.3 Å². The first-order valence-corrected chi connectivity index (χ1v) is 9.23. The standard InChI is InChI=1S/C16H31NO3S/c1-5-17-16(4,15(18)19-6-2)10-7-8-12-21-14-9-11-20-13(14)3/h13-14,17H,5-12H2,1-4H3. The molecule has 0 saturated carbocycles. The van der Waals surface area contributed by atoms with Gasteiger partial charge in [0.1, 0.15) is 5.54 Å². The molecule has 0 spiro atoms. The fraction of sp³-hybridized carbons (Fsp3) is 0.938. The van der Waals surface area contributed by atoms with Crippen molar-refractivity contribution in [1.29, 1.82) is 0 Å². The van der Waals surface area contributed by atoms with Gasteiger partial charge in [0.15, 0.2) is 0 Å². The molecular weight excluding hydrogens is 286 g/mol. The highest BCUT2D eigenvalue weighted by molar-refractivity contribution is 7.99. The lowest BCUT2D eigenvalue weighted by Gasteiger charge is -2.28. The topological polar surface area (TPSA) is 47.6 Å². The van der Waals surface area contributed by atoms with Crippen LogP contribution in [0.25, 0.3) is 0 Å². The van der Waals surface area contributed by atoms with Gasteiger partial charge in [0.05, 0.1) is 12.7 Å². The zero-order valence-electron chi connectivity index (χ0n) is 13.9. The lowest BCUT2D eigenvalue weighted by molar-refractivity contribution is -0.150. The van der Waals surface area contributed by atoms with Crippen LogP contribution in [-0.4, -0.2) is 48.4 Å². The third-order valence-corrected chi connectivity index (χ3v) is 5.57. The second-order valence-corrected chi connectivity index (χ2v) is 7.16. The highest BCUT2D eigenvalue weighted by Gasteiger charge is 2.33. The van der Waals surface area contributed by atoms with E-state index in [1.165, 1.54) is 6.42 Å². The van der Waals surface area contributed by atoms with Crippen molar-refractivity contribution in [1.82, 2.24) is 5.32 Å². The van der Waals surface area contributed by atoms with E-state index in [4.69, 9.17) is 9.47 Å². The highest BCUT2D eigenvalue weighted by atomic mass is 32.2. The van der Waals surface area contributed by atoms with E-state index in [0.29, 0.717) is 18.0 Å². The van der Waals surface area contributed by atoms with Crippen molar-refractivity contribution < 1.29 is 14.3 Å². The van der Waals surface area contributed by atoms with Gasteiger partial charge in [-0.3, -0.25) is 4.79 Å². The van der Waals surface area contributed by atoms with Crippen molar-refractivity contribution in [3.63, 3.8) is 0 Å². The van der Waals surface area contributed by atoms with Crippen LogP contribution < -0.4 is 5.32 Å². The molecule has 1 aliphatic heterocycles. The quantitative estimate of drug-likeness (QED) is 0.496. The number of nitrogens with one attached hydrogen (secondary N) is 1. The molecule has 5 heteroatoms. The molecule has 1 aliphatic rings. The second kappa shape index (κ2) is 9.70. The molecule has 0 aromatic heterocycles. The van der Waals surface area contributed by atoms with Gasteiger partial charge in [-0.25, -0.2) is 0 Å². The Bertz CT molecular complexity index is 314. The van der Waals surface area contributed by atoms with Crippen LogP contribution in [0.15, 0.2) is 0 Å². The van der Waals surface area contributed by atoms with Crippen molar-refractivity contribution in [2.24, 2.45) is 0 Å². The van der Waals surface area contributed by atoms with Gasteiger partial charge in [-0.1, -0.05) is 13.3 Å². The zero-order chi connectivity index (χ0) is 15.7.